The van der Waals surface area contributed by atoms with Crippen molar-refractivity contribution in [3.63, 3.8) is 0 Å². The van der Waals surface area contributed by atoms with Gasteiger partial charge < -0.3 is 15.6 Å². The quantitative estimate of drug-likeness (QED) is 0.828. The summed E-state index contributed by atoms with van der Waals surface area (Å²) in [5.74, 6) is 0.850. The van der Waals surface area contributed by atoms with E-state index >= 15 is 0 Å². The highest BCUT2D eigenvalue weighted by atomic mass is 16.5. The molecule has 1 aromatic heterocycles. The van der Waals surface area contributed by atoms with Crippen molar-refractivity contribution in [1.29, 1.82) is 0 Å². The number of nitrogens with zero attached hydrogens (tertiary/aromatic N) is 2. The number of nitrogen functional groups attached to an aromatic ring is 1. The standard InChI is InChI=1S/C16H19N3O3/c1-3-6-22-13-5-4-12(14(20)9-13)10-18-19-15(17)7-11(2)8-16(19)21/h4-5,7-10,20H,3,6,17H2,1-2H3/b18-10+. The van der Waals surface area contributed by atoms with Crippen LogP contribution >= 0.6 is 0 Å². The highest BCUT2D eigenvalue weighted by molar-refractivity contribution is 5.83. The summed E-state index contributed by atoms with van der Waals surface area (Å²) in [7, 11) is 0. The van der Waals surface area contributed by atoms with Crippen molar-refractivity contribution in [3.8, 4) is 11.5 Å². The van der Waals surface area contributed by atoms with Crippen LogP contribution in [-0.4, -0.2) is 22.6 Å². The molecule has 6 heteroatoms. The number of hydrogen-bond donors (Lipinski definition) is 2. The van der Waals surface area contributed by atoms with Gasteiger partial charge in [-0.1, -0.05) is 6.92 Å². The molecule has 3 N–H and O–H groups in total. The Kier molecular flexibility index (Phi) is 4.83. The van der Waals surface area contributed by atoms with E-state index in [1.54, 1.807) is 25.1 Å². The minimum atomic E-state index is -0.323. The van der Waals surface area contributed by atoms with Crippen molar-refractivity contribution in [2.75, 3.05) is 12.3 Å². The van der Waals surface area contributed by atoms with E-state index in [4.69, 9.17) is 10.5 Å². The second kappa shape index (κ2) is 6.80. The molecule has 1 heterocycles. The number of aromatic hydroxyl groups is 1. The number of nitrogens with two attached hydrogens (primary N) is 1. The summed E-state index contributed by atoms with van der Waals surface area (Å²) in [5.41, 5.74) is 6.69. The van der Waals surface area contributed by atoms with Crippen LogP contribution in [0.2, 0.25) is 0 Å². The molecule has 0 radical (unpaired) electrons. The Hall–Kier alpha value is -2.76. The topological polar surface area (TPSA) is 89.8 Å². The molecule has 0 amide bonds. The molecule has 0 fully saturated rings. The van der Waals surface area contributed by atoms with Gasteiger partial charge in [-0.05, 0) is 37.1 Å². The maximum absolute atomic E-state index is 11.8. The minimum absolute atomic E-state index is 0.0242. The number of phenols is 1. The normalized spacial score (nSPS) is 11.0. The molecule has 2 rings (SSSR count). The molecule has 22 heavy (non-hydrogen) atoms. The lowest BCUT2D eigenvalue weighted by Gasteiger charge is -2.07. The number of phenolic OH excluding ortho intramolecular Hbond substituents is 1. The smallest absolute Gasteiger partial charge is 0.273 e. The molecule has 0 unspecified atom stereocenters. The van der Waals surface area contributed by atoms with Crippen LogP contribution < -0.4 is 16.0 Å². The van der Waals surface area contributed by atoms with Crippen LogP contribution in [-0.2, 0) is 0 Å². The summed E-state index contributed by atoms with van der Waals surface area (Å²) in [6.45, 7) is 4.37. The Balaban J connectivity index is 2.26. The highest BCUT2D eigenvalue weighted by Gasteiger charge is 2.03. The average molecular weight is 301 g/mol. The van der Waals surface area contributed by atoms with Crippen molar-refractivity contribution in [2.24, 2.45) is 5.10 Å². The Morgan fingerprint density at radius 1 is 1.36 bits per heavy atom. The molecule has 0 aliphatic carbocycles. The molecule has 6 nitrogen and oxygen atoms in total. The van der Waals surface area contributed by atoms with Gasteiger partial charge in [0.05, 0.1) is 12.8 Å². The summed E-state index contributed by atoms with van der Waals surface area (Å²) < 4.78 is 6.50. The van der Waals surface area contributed by atoms with Gasteiger partial charge in [0, 0.05) is 17.7 Å². The number of aryl methyl sites for hydroxylation is 1. The molecule has 0 bridgehead atoms. The molecular weight excluding hydrogens is 282 g/mol. The van der Waals surface area contributed by atoms with Crippen LogP contribution in [0.1, 0.15) is 24.5 Å². The van der Waals surface area contributed by atoms with Crippen LogP contribution in [0.15, 0.2) is 40.2 Å². The van der Waals surface area contributed by atoms with Gasteiger partial charge in [0.15, 0.2) is 0 Å². The minimum Gasteiger partial charge on any atom is -0.507 e. The fourth-order valence-corrected chi connectivity index (χ4v) is 1.91. The zero-order valence-corrected chi connectivity index (χ0v) is 12.6. The van der Waals surface area contributed by atoms with Crippen molar-refractivity contribution in [2.45, 2.75) is 20.3 Å². The predicted molar refractivity (Wildman–Crippen MR) is 86.7 cm³/mol. The van der Waals surface area contributed by atoms with E-state index in [1.807, 2.05) is 6.92 Å². The van der Waals surface area contributed by atoms with E-state index < -0.39 is 0 Å². The van der Waals surface area contributed by atoms with Gasteiger partial charge in [-0.2, -0.15) is 9.78 Å². The van der Waals surface area contributed by atoms with Gasteiger partial charge in [-0.15, -0.1) is 0 Å². The second-order valence-electron chi connectivity index (χ2n) is 4.92. The predicted octanol–water partition coefficient (Wildman–Crippen LogP) is 2.12. The van der Waals surface area contributed by atoms with Crippen LogP contribution in [0.5, 0.6) is 11.5 Å². The average Bonchev–Trinajstić information content (AvgIpc) is 2.45. The number of rotatable bonds is 5. The van der Waals surface area contributed by atoms with E-state index in [0.717, 1.165) is 16.7 Å². The van der Waals surface area contributed by atoms with E-state index in [0.29, 0.717) is 17.9 Å². The first-order valence-electron chi connectivity index (χ1n) is 7.00. The third kappa shape index (κ3) is 3.66. The summed E-state index contributed by atoms with van der Waals surface area (Å²) in [6.07, 6.45) is 2.27. The fraction of sp³-hybridized carbons (Fsp3) is 0.250. The molecule has 0 spiro atoms. The van der Waals surface area contributed by atoms with Crippen molar-refractivity contribution < 1.29 is 9.84 Å². The van der Waals surface area contributed by atoms with Gasteiger partial charge in [0.1, 0.15) is 17.3 Å². The molecule has 0 saturated heterocycles. The third-order valence-corrected chi connectivity index (χ3v) is 2.97. The highest BCUT2D eigenvalue weighted by Crippen LogP contribution is 2.22. The molecule has 0 saturated carbocycles. The first-order valence-corrected chi connectivity index (χ1v) is 7.00. The second-order valence-corrected chi connectivity index (χ2v) is 4.92. The lowest BCUT2D eigenvalue weighted by molar-refractivity contribution is 0.315. The maximum Gasteiger partial charge on any atom is 0.273 e. The van der Waals surface area contributed by atoms with Gasteiger partial charge in [0.2, 0.25) is 0 Å². The number of ether oxygens (including phenoxy) is 1. The fourth-order valence-electron chi connectivity index (χ4n) is 1.91. The van der Waals surface area contributed by atoms with Gasteiger partial charge >= 0.3 is 0 Å². The SMILES string of the molecule is CCCOc1ccc(/C=N/n2c(N)cc(C)cc2=O)c(O)c1. The van der Waals surface area contributed by atoms with Gasteiger partial charge in [-0.3, -0.25) is 4.79 Å². The monoisotopic (exact) mass is 301 g/mol. The molecular formula is C16H19N3O3. The summed E-state index contributed by atoms with van der Waals surface area (Å²) >= 11 is 0. The molecule has 116 valence electrons. The van der Waals surface area contributed by atoms with Crippen molar-refractivity contribution >= 4 is 12.0 Å². The summed E-state index contributed by atoms with van der Waals surface area (Å²) in [4.78, 5) is 11.8. The van der Waals surface area contributed by atoms with E-state index in [2.05, 4.69) is 5.10 Å². The largest absolute Gasteiger partial charge is 0.507 e. The maximum atomic E-state index is 11.8. The van der Waals surface area contributed by atoms with Crippen LogP contribution in [0.4, 0.5) is 5.82 Å². The van der Waals surface area contributed by atoms with Gasteiger partial charge in [-0.25, -0.2) is 0 Å². The van der Waals surface area contributed by atoms with E-state index in [9.17, 15) is 9.90 Å². The van der Waals surface area contributed by atoms with Crippen molar-refractivity contribution in [3.05, 3.63) is 51.8 Å². The number of pyridine rings is 1. The number of aromatic nitrogens is 1. The van der Waals surface area contributed by atoms with Crippen molar-refractivity contribution in [1.82, 2.24) is 4.68 Å². The molecule has 0 atom stereocenters. The van der Waals surface area contributed by atoms with E-state index in [1.165, 1.54) is 18.3 Å². The van der Waals surface area contributed by atoms with Crippen LogP contribution in [0, 0.1) is 6.92 Å². The Morgan fingerprint density at radius 2 is 2.14 bits per heavy atom. The first-order chi connectivity index (χ1) is 10.5. The van der Waals surface area contributed by atoms with Gasteiger partial charge in [0.25, 0.3) is 5.56 Å². The number of anilines is 1. The lowest BCUT2D eigenvalue weighted by atomic mass is 10.2. The van der Waals surface area contributed by atoms with E-state index in [-0.39, 0.29) is 17.1 Å². The molecule has 0 aliphatic heterocycles. The van der Waals surface area contributed by atoms with Crippen LogP contribution in [0.3, 0.4) is 0 Å². The summed E-state index contributed by atoms with van der Waals surface area (Å²) in [6, 6.07) is 8.01. The lowest BCUT2D eigenvalue weighted by Crippen LogP contribution is -2.19. The Bertz CT molecular complexity index is 751. The molecule has 0 aliphatic rings. The van der Waals surface area contributed by atoms with Crippen LogP contribution in [0.25, 0.3) is 0 Å². The molecule has 2 aromatic rings. The zero-order valence-electron chi connectivity index (χ0n) is 12.6. The Labute approximate surface area is 128 Å². The zero-order chi connectivity index (χ0) is 16.1. The Morgan fingerprint density at radius 3 is 2.77 bits per heavy atom. The first kappa shape index (κ1) is 15.6. The number of benzene rings is 1. The number of hydrogen-bond acceptors (Lipinski definition) is 5. The third-order valence-electron chi connectivity index (χ3n) is 2.97. The summed E-state index contributed by atoms with van der Waals surface area (Å²) in [5, 5.41) is 14.0. The molecule has 1 aromatic carbocycles.